The number of aromatic nitrogens is 2. The zero-order valence-corrected chi connectivity index (χ0v) is 16.4. The maximum atomic E-state index is 11.4. The molecule has 15 heteroatoms. The predicted octanol–water partition coefficient (Wildman–Crippen LogP) is 2.92. The van der Waals surface area contributed by atoms with Crippen LogP contribution in [0, 0.1) is 0 Å². The highest BCUT2D eigenvalue weighted by molar-refractivity contribution is 8.13. The van der Waals surface area contributed by atoms with Crippen molar-refractivity contribution in [3.8, 4) is 5.69 Å². The molecule has 1 aromatic carbocycles. The molecule has 1 heterocycles. The number of imidazole rings is 1. The first-order valence-corrected chi connectivity index (χ1v) is 10.4. The van der Waals surface area contributed by atoms with Gasteiger partial charge in [0.25, 0.3) is 0 Å². The van der Waals surface area contributed by atoms with Crippen LogP contribution in [0.15, 0.2) is 43.0 Å². The number of alkyl halides is 6. The van der Waals surface area contributed by atoms with Crippen LogP contribution in [0.2, 0.25) is 0 Å². The third-order valence-electron chi connectivity index (χ3n) is 3.20. The van der Waals surface area contributed by atoms with Crippen molar-refractivity contribution in [1.29, 1.82) is 0 Å². The van der Waals surface area contributed by atoms with Gasteiger partial charge in [-0.05, 0) is 18.1 Å². The molecule has 0 bridgehead atoms. The molecule has 0 amide bonds. The van der Waals surface area contributed by atoms with E-state index in [0.29, 0.717) is 0 Å². The zero-order valence-electron chi connectivity index (χ0n) is 14.8. The van der Waals surface area contributed by atoms with Crippen LogP contribution in [0.3, 0.4) is 0 Å². The molecule has 0 saturated heterocycles. The molecule has 1 aromatic heterocycles. The molecule has 2 rings (SSSR count). The molecule has 29 heavy (non-hydrogen) atoms. The van der Waals surface area contributed by atoms with E-state index in [1.165, 1.54) is 11.3 Å². The Hall–Kier alpha value is -2.13. The highest BCUT2D eigenvalue weighted by atomic mass is 32.3. The quantitative estimate of drug-likeness (QED) is 0.511. The number of benzene rings is 1. The lowest BCUT2D eigenvalue weighted by Gasteiger charge is -2.22. The zero-order chi connectivity index (χ0) is 22.7. The molecule has 0 aliphatic carbocycles. The van der Waals surface area contributed by atoms with Crippen LogP contribution >= 0.6 is 0 Å². The summed E-state index contributed by atoms with van der Waals surface area (Å²) in [6.45, 7) is 2.18. The van der Waals surface area contributed by atoms with Crippen molar-refractivity contribution in [2.75, 3.05) is 0 Å². The van der Waals surface area contributed by atoms with E-state index in [0.717, 1.165) is 10.5 Å². The summed E-state index contributed by atoms with van der Waals surface area (Å²) in [5.74, 6) is 0. The largest absolute Gasteiger partial charge is 0.480 e. The lowest BCUT2D eigenvalue weighted by molar-refractivity contribution is -0.670. The Kier molecular flexibility index (Phi) is 7.48. The second-order valence-corrected chi connectivity index (χ2v) is 8.81. The second kappa shape index (κ2) is 8.71. The van der Waals surface area contributed by atoms with Gasteiger partial charge in [0.2, 0.25) is 6.33 Å². The number of rotatable bonds is 4. The molecule has 0 radical (unpaired) electrons. The van der Waals surface area contributed by atoms with E-state index in [1.807, 2.05) is 17.8 Å². The summed E-state index contributed by atoms with van der Waals surface area (Å²) in [5.41, 5.74) is -9.75. The van der Waals surface area contributed by atoms with Gasteiger partial charge in [-0.15, -0.1) is 0 Å². The van der Waals surface area contributed by atoms with E-state index in [2.05, 4.69) is 48.3 Å². The Labute approximate surface area is 162 Å². The maximum absolute atomic E-state index is 11.4. The van der Waals surface area contributed by atoms with E-state index in [1.54, 1.807) is 0 Å². The maximum Gasteiger partial charge on any atom is 0.480 e. The fourth-order valence-electron chi connectivity index (χ4n) is 1.87. The smallest absolute Gasteiger partial charge is 0.421 e. The number of halogens is 6. The Morgan fingerprint density at radius 2 is 1.45 bits per heavy atom. The number of nitrogens with zero attached hydrogens (tertiary/aromatic N) is 3. The minimum Gasteiger partial charge on any atom is -0.421 e. The highest BCUT2D eigenvalue weighted by Gasteiger charge is 2.46. The summed E-state index contributed by atoms with van der Waals surface area (Å²) in [5, 5.41) is 0. The first kappa shape index (κ1) is 24.9. The van der Waals surface area contributed by atoms with Gasteiger partial charge in [-0.1, -0.05) is 25.1 Å². The summed E-state index contributed by atoms with van der Waals surface area (Å²) < 4.78 is 113. The SMILES string of the molecule is CCc1ccccc1-n1cc[n+](C)c1.O=S(=O)([N-]S(=O)(=O)C(F)(F)F)C(F)(F)F. The number of para-hydroxylation sites is 1. The molecule has 0 aliphatic rings. The van der Waals surface area contributed by atoms with Crippen molar-refractivity contribution < 1.29 is 47.7 Å². The molecule has 7 nitrogen and oxygen atoms in total. The molecule has 0 N–H and O–H groups in total. The van der Waals surface area contributed by atoms with Gasteiger partial charge < -0.3 is 4.13 Å². The molecule has 0 spiro atoms. The Balaban J connectivity index is 0.000000290. The van der Waals surface area contributed by atoms with Gasteiger partial charge in [0, 0.05) is 0 Å². The average Bonchev–Trinajstić information content (AvgIpc) is 2.98. The van der Waals surface area contributed by atoms with Gasteiger partial charge in [0.15, 0.2) is 20.0 Å². The molecular weight excluding hydrogens is 452 g/mol. The molecule has 0 saturated carbocycles. The van der Waals surface area contributed by atoms with Crippen molar-refractivity contribution in [2.45, 2.75) is 24.4 Å². The fraction of sp³-hybridized carbons (Fsp3) is 0.357. The summed E-state index contributed by atoms with van der Waals surface area (Å²) >= 11 is 0. The van der Waals surface area contributed by atoms with Crippen LogP contribution in [0.5, 0.6) is 0 Å². The summed E-state index contributed by atoms with van der Waals surface area (Å²) in [4.78, 5) is 0. The third kappa shape index (κ3) is 6.43. The van der Waals surface area contributed by atoms with Crippen LogP contribution < -0.4 is 4.57 Å². The first-order valence-electron chi connectivity index (χ1n) is 7.50. The van der Waals surface area contributed by atoms with Crippen LogP contribution in [-0.4, -0.2) is 32.4 Å². The summed E-state index contributed by atoms with van der Waals surface area (Å²) in [7, 11) is -11.4. The van der Waals surface area contributed by atoms with Crippen molar-refractivity contribution in [3.05, 3.63) is 52.7 Å². The van der Waals surface area contributed by atoms with Crippen LogP contribution in [0.1, 0.15) is 12.5 Å². The van der Waals surface area contributed by atoms with Crippen molar-refractivity contribution in [1.82, 2.24) is 4.57 Å². The molecule has 0 aliphatic heterocycles. The van der Waals surface area contributed by atoms with Gasteiger partial charge in [-0.3, -0.25) is 0 Å². The van der Waals surface area contributed by atoms with E-state index in [-0.39, 0.29) is 0 Å². The molecule has 0 unspecified atom stereocenters. The summed E-state index contributed by atoms with van der Waals surface area (Å²) in [6.07, 6.45) is 7.27. The average molecular weight is 467 g/mol. The predicted molar refractivity (Wildman–Crippen MR) is 89.6 cm³/mol. The van der Waals surface area contributed by atoms with Crippen LogP contribution in [-0.2, 0) is 33.5 Å². The summed E-state index contributed by atoms with van der Waals surface area (Å²) in [6, 6.07) is 8.49. The molecule has 2 aromatic rings. The van der Waals surface area contributed by atoms with E-state index < -0.39 is 31.1 Å². The number of aryl methyl sites for hydroxylation is 2. The minimum absolute atomic E-state index is 0.778. The third-order valence-corrected chi connectivity index (χ3v) is 5.94. The monoisotopic (exact) mass is 467 g/mol. The van der Waals surface area contributed by atoms with Gasteiger partial charge in [-0.2, -0.15) is 26.3 Å². The molecule has 164 valence electrons. The van der Waals surface area contributed by atoms with Crippen LogP contribution in [0.25, 0.3) is 9.81 Å². The number of hydrogen-bond acceptors (Lipinski definition) is 4. The van der Waals surface area contributed by atoms with E-state index in [9.17, 15) is 43.2 Å². The lowest BCUT2D eigenvalue weighted by Crippen LogP contribution is -2.30. The fourth-order valence-corrected chi connectivity index (χ4v) is 3.58. The molecular formula is C14H15F6N3O4S2. The second-order valence-electron chi connectivity index (χ2n) is 5.38. The molecule has 0 atom stereocenters. The topological polar surface area (TPSA) is 91.2 Å². The van der Waals surface area contributed by atoms with Gasteiger partial charge in [-0.25, -0.2) is 26.0 Å². The van der Waals surface area contributed by atoms with E-state index in [4.69, 9.17) is 0 Å². The Morgan fingerprint density at radius 3 is 1.83 bits per heavy atom. The van der Waals surface area contributed by atoms with Crippen molar-refractivity contribution >= 4 is 20.0 Å². The normalized spacial score (nSPS) is 13.0. The minimum atomic E-state index is -6.72. The van der Waals surface area contributed by atoms with Crippen LogP contribution in [0.4, 0.5) is 26.3 Å². The highest BCUT2D eigenvalue weighted by Crippen LogP contribution is 2.36. The van der Waals surface area contributed by atoms with Gasteiger partial charge >= 0.3 is 11.0 Å². The van der Waals surface area contributed by atoms with Gasteiger partial charge in [0.05, 0.1) is 7.05 Å². The van der Waals surface area contributed by atoms with Crippen molar-refractivity contribution in [2.24, 2.45) is 7.05 Å². The lowest BCUT2D eigenvalue weighted by atomic mass is 10.1. The number of sulfonamides is 2. The number of hydrogen-bond donors (Lipinski definition) is 0. The Bertz CT molecular complexity index is 1000. The van der Waals surface area contributed by atoms with Crippen molar-refractivity contribution in [3.63, 3.8) is 0 Å². The molecule has 0 fully saturated rings. The standard InChI is InChI=1S/C12H15N2.C2F6NO4S2/c1-3-11-6-4-5-7-12(11)14-9-8-13(2)10-14;3-1(4,5)14(10,11)9-15(12,13)2(6,7)8/h4-10H,3H2,1-2H3;/q+1;-1. The van der Waals surface area contributed by atoms with E-state index >= 15 is 0 Å². The first-order chi connectivity index (χ1) is 13.0. The van der Waals surface area contributed by atoms with Gasteiger partial charge in [0.1, 0.15) is 18.1 Å². The Morgan fingerprint density at radius 1 is 0.966 bits per heavy atom.